The zero-order valence-corrected chi connectivity index (χ0v) is 15.3. The van der Waals surface area contributed by atoms with Crippen molar-refractivity contribution in [2.45, 2.75) is 31.0 Å². The summed E-state index contributed by atoms with van der Waals surface area (Å²) in [6, 6.07) is 5.61. The maximum atomic E-state index is 12.7. The second kappa shape index (κ2) is 7.53. The molecule has 0 spiro atoms. The van der Waals surface area contributed by atoms with E-state index in [1.165, 1.54) is 31.2 Å². The minimum absolute atomic E-state index is 0.0310. The SMILES string of the molecule is Cc1c(Cl)c(C(F)(F)F)nn1CCCNS(=O)(=O)c1ccc(Cl)cc1. The number of nitrogens with zero attached hydrogens (tertiary/aromatic N) is 2. The molecule has 1 N–H and O–H groups in total. The third-order valence-corrected chi connectivity index (χ3v) is 5.55. The van der Waals surface area contributed by atoms with Crippen LogP contribution in [0.15, 0.2) is 29.2 Å². The average molecular weight is 416 g/mol. The fraction of sp³-hybridized carbons (Fsp3) is 0.357. The Kier molecular flexibility index (Phi) is 6.03. The molecule has 0 aliphatic heterocycles. The number of sulfonamides is 1. The molecular formula is C14H14Cl2F3N3O2S. The maximum Gasteiger partial charge on any atom is 0.436 e. The van der Waals surface area contributed by atoms with Crippen LogP contribution in [0.4, 0.5) is 13.2 Å². The quantitative estimate of drug-likeness (QED) is 0.727. The molecule has 11 heteroatoms. The number of nitrogens with one attached hydrogen (secondary N) is 1. The van der Waals surface area contributed by atoms with Gasteiger partial charge in [-0.3, -0.25) is 4.68 Å². The minimum Gasteiger partial charge on any atom is -0.268 e. The molecule has 138 valence electrons. The van der Waals surface area contributed by atoms with Crippen LogP contribution in [0.2, 0.25) is 10.0 Å². The van der Waals surface area contributed by atoms with Crippen molar-refractivity contribution < 1.29 is 21.6 Å². The van der Waals surface area contributed by atoms with Gasteiger partial charge in [0.25, 0.3) is 0 Å². The first-order valence-corrected chi connectivity index (χ1v) is 9.31. The molecule has 1 aromatic carbocycles. The van der Waals surface area contributed by atoms with Crippen LogP contribution in [-0.4, -0.2) is 24.7 Å². The summed E-state index contributed by atoms with van der Waals surface area (Å²) in [5.41, 5.74) is -0.969. The van der Waals surface area contributed by atoms with E-state index in [0.29, 0.717) is 5.02 Å². The Labute approximate surface area is 152 Å². The molecule has 0 bridgehead atoms. The topological polar surface area (TPSA) is 64.0 Å². The third-order valence-electron chi connectivity index (χ3n) is 3.36. The first-order chi connectivity index (χ1) is 11.5. The van der Waals surface area contributed by atoms with Crippen LogP contribution < -0.4 is 4.72 Å². The van der Waals surface area contributed by atoms with Crippen LogP contribution in [0.3, 0.4) is 0 Å². The van der Waals surface area contributed by atoms with Crippen molar-refractivity contribution in [3.8, 4) is 0 Å². The highest BCUT2D eigenvalue weighted by Crippen LogP contribution is 2.35. The van der Waals surface area contributed by atoms with Crippen LogP contribution in [0.1, 0.15) is 17.8 Å². The highest BCUT2D eigenvalue weighted by molar-refractivity contribution is 7.89. The van der Waals surface area contributed by atoms with Crippen LogP contribution in [0.25, 0.3) is 0 Å². The predicted molar refractivity (Wildman–Crippen MR) is 88.2 cm³/mol. The lowest BCUT2D eigenvalue weighted by atomic mass is 10.3. The van der Waals surface area contributed by atoms with Gasteiger partial charge in [0, 0.05) is 18.1 Å². The standard InChI is InChI=1S/C14H14Cl2F3N3O2S/c1-9-12(16)13(14(17,18)19)21-22(9)8-2-7-20-25(23,24)11-5-3-10(15)4-6-11/h3-6,20H,2,7-8H2,1H3. The van der Waals surface area contributed by atoms with Crippen LogP contribution in [0, 0.1) is 6.92 Å². The first kappa shape index (κ1) is 20.0. The van der Waals surface area contributed by atoms with E-state index in [9.17, 15) is 21.6 Å². The number of halogens is 5. The summed E-state index contributed by atoms with van der Waals surface area (Å²) in [6.45, 7) is 1.54. The molecule has 2 rings (SSSR count). The van der Waals surface area contributed by atoms with Crippen molar-refractivity contribution in [2.75, 3.05) is 6.54 Å². The molecular weight excluding hydrogens is 402 g/mol. The van der Waals surface area contributed by atoms with E-state index < -0.39 is 26.9 Å². The minimum atomic E-state index is -4.64. The maximum absolute atomic E-state index is 12.7. The lowest BCUT2D eigenvalue weighted by Crippen LogP contribution is -2.25. The van der Waals surface area contributed by atoms with Gasteiger partial charge in [-0.25, -0.2) is 13.1 Å². The molecule has 0 fully saturated rings. The largest absolute Gasteiger partial charge is 0.436 e. The van der Waals surface area contributed by atoms with Gasteiger partial charge in [-0.15, -0.1) is 0 Å². The highest BCUT2D eigenvalue weighted by atomic mass is 35.5. The number of hydrogen-bond donors (Lipinski definition) is 1. The fourth-order valence-electron chi connectivity index (χ4n) is 2.06. The number of aryl methyl sites for hydroxylation is 1. The molecule has 2 aromatic rings. The zero-order valence-electron chi connectivity index (χ0n) is 12.9. The fourth-order valence-corrected chi connectivity index (χ4v) is 3.50. The van der Waals surface area contributed by atoms with Gasteiger partial charge in [0.05, 0.1) is 15.6 Å². The van der Waals surface area contributed by atoms with Crippen molar-refractivity contribution in [1.82, 2.24) is 14.5 Å². The van der Waals surface area contributed by atoms with Crippen LogP contribution >= 0.6 is 23.2 Å². The number of alkyl halides is 3. The van der Waals surface area contributed by atoms with Crippen molar-refractivity contribution in [3.63, 3.8) is 0 Å². The van der Waals surface area contributed by atoms with Gasteiger partial charge in [-0.1, -0.05) is 23.2 Å². The molecule has 1 aromatic heterocycles. The van der Waals surface area contributed by atoms with E-state index in [4.69, 9.17) is 23.2 Å². The molecule has 0 radical (unpaired) electrons. The summed E-state index contributed by atoms with van der Waals surface area (Å²) in [5.74, 6) is 0. The van der Waals surface area contributed by atoms with Gasteiger partial charge in [-0.2, -0.15) is 18.3 Å². The highest BCUT2D eigenvalue weighted by Gasteiger charge is 2.38. The number of rotatable bonds is 6. The Morgan fingerprint density at radius 2 is 1.80 bits per heavy atom. The average Bonchev–Trinajstić information content (AvgIpc) is 2.80. The van der Waals surface area contributed by atoms with Crippen molar-refractivity contribution in [3.05, 3.63) is 45.7 Å². The van der Waals surface area contributed by atoms with E-state index >= 15 is 0 Å². The summed E-state index contributed by atoms with van der Waals surface area (Å²) < 4.78 is 65.8. The van der Waals surface area contributed by atoms with Gasteiger partial charge in [0.1, 0.15) is 0 Å². The van der Waals surface area contributed by atoms with Gasteiger partial charge in [0.15, 0.2) is 5.69 Å². The molecule has 0 saturated carbocycles. The van der Waals surface area contributed by atoms with Crippen molar-refractivity contribution in [2.24, 2.45) is 0 Å². The Balaban J connectivity index is 1.96. The molecule has 25 heavy (non-hydrogen) atoms. The van der Waals surface area contributed by atoms with E-state index in [2.05, 4.69) is 9.82 Å². The molecule has 0 aliphatic carbocycles. The molecule has 0 amide bonds. The lowest BCUT2D eigenvalue weighted by Gasteiger charge is -2.08. The molecule has 0 saturated heterocycles. The van der Waals surface area contributed by atoms with Gasteiger partial charge in [-0.05, 0) is 37.6 Å². The van der Waals surface area contributed by atoms with Crippen LogP contribution in [-0.2, 0) is 22.7 Å². The molecule has 5 nitrogen and oxygen atoms in total. The Bertz CT molecular complexity index is 849. The summed E-state index contributed by atoms with van der Waals surface area (Å²) in [6.07, 6.45) is -4.40. The summed E-state index contributed by atoms with van der Waals surface area (Å²) in [4.78, 5) is 0.0505. The summed E-state index contributed by atoms with van der Waals surface area (Å²) in [7, 11) is -3.71. The summed E-state index contributed by atoms with van der Waals surface area (Å²) in [5, 5.41) is 3.41. The summed E-state index contributed by atoms with van der Waals surface area (Å²) >= 11 is 11.4. The van der Waals surface area contributed by atoms with Gasteiger partial charge >= 0.3 is 6.18 Å². The lowest BCUT2D eigenvalue weighted by molar-refractivity contribution is -0.141. The second-order valence-electron chi connectivity index (χ2n) is 5.17. The number of benzene rings is 1. The van der Waals surface area contributed by atoms with Crippen LogP contribution in [0.5, 0.6) is 0 Å². The normalized spacial score (nSPS) is 12.6. The van der Waals surface area contributed by atoms with E-state index in [-0.39, 0.29) is 30.1 Å². The third kappa shape index (κ3) is 4.87. The van der Waals surface area contributed by atoms with Crippen molar-refractivity contribution >= 4 is 33.2 Å². The van der Waals surface area contributed by atoms with E-state index in [1.807, 2.05) is 0 Å². The van der Waals surface area contributed by atoms with Gasteiger partial charge in [0.2, 0.25) is 10.0 Å². The predicted octanol–water partition coefficient (Wildman–Crippen LogP) is 3.89. The monoisotopic (exact) mass is 415 g/mol. The van der Waals surface area contributed by atoms with E-state index in [0.717, 1.165) is 4.68 Å². The van der Waals surface area contributed by atoms with Crippen molar-refractivity contribution in [1.29, 1.82) is 0 Å². The molecule has 1 heterocycles. The number of aromatic nitrogens is 2. The second-order valence-corrected chi connectivity index (χ2v) is 7.76. The Hall–Kier alpha value is -1.29. The number of hydrogen-bond acceptors (Lipinski definition) is 3. The molecule has 0 aliphatic rings. The first-order valence-electron chi connectivity index (χ1n) is 7.07. The van der Waals surface area contributed by atoms with E-state index in [1.54, 1.807) is 0 Å². The Morgan fingerprint density at radius 1 is 1.20 bits per heavy atom. The molecule has 0 atom stereocenters. The Morgan fingerprint density at radius 3 is 2.32 bits per heavy atom. The molecule has 0 unspecified atom stereocenters. The smallest absolute Gasteiger partial charge is 0.268 e. The zero-order chi connectivity index (χ0) is 18.8. The van der Waals surface area contributed by atoms with Gasteiger partial charge < -0.3 is 0 Å².